The fourth-order valence-electron chi connectivity index (χ4n) is 3.12. The van der Waals surface area contributed by atoms with Gasteiger partial charge >= 0.3 is 11.9 Å². The Kier molecular flexibility index (Phi) is 7.30. The van der Waals surface area contributed by atoms with Crippen LogP contribution in [0.3, 0.4) is 0 Å². The van der Waals surface area contributed by atoms with Crippen LogP contribution < -0.4 is 5.32 Å². The summed E-state index contributed by atoms with van der Waals surface area (Å²) in [6, 6.07) is 6.76. The number of dihydropyridines is 1. The minimum atomic E-state index is -0.684. The van der Waals surface area contributed by atoms with Crippen molar-refractivity contribution in [2.24, 2.45) is 0 Å². The number of rotatable bonds is 7. The van der Waals surface area contributed by atoms with Gasteiger partial charge in [-0.25, -0.2) is 9.59 Å². The highest BCUT2D eigenvalue weighted by atomic mass is 17.1. The summed E-state index contributed by atoms with van der Waals surface area (Å²) < 4.78 is 10.1. The minimum Gasteiger partial charge on any atom is -0.738 e. The van der Waals surface area contributed by atoms with E-state index in [0.29, 0.717) is 33.7 Å². The summed E-state index contributed by atoms with van der Waals surface area (Å²) in [5.74, 6) is -1.77. The third-order valence-corrected chi connectivity index (χ3v) is 4.32. The maximum atomic E-state index is 12.6. The quantitative estimate of drug-likeness (QED) is 0.532. The van der Waals surface area contributed by atoms with E-state index in [2.05, 4.69) is 10.2 Å². The first-order chi connectivity index (χ1) is 13.3. The third-order valence-electron chi connectivity index (χ3n) is 4.32. The standard InChI is InChI=1S/C19H23N2O7/c1-5-27-19(23)16-12(3)20-11(2)15(18(22)26-4)17(16)14-8-6-13(7-9-14)10-28-21(24)25/h6-9,17,20,24H,5,10H2,1-4H3/q-1/t17-/m0/s1. The van der Waals surface area contributed by atoms with Gasteiger partial charge in [-0.15, -0.1) is 5.39 Å². The first-order valence-corrected chi connectivity index (χ1v) is 8.62. The third kappa shape index (κ3) is 4.76. The Labute approximate surface area is 162 Å². The van der Waals surface area contributed by atoms with E-state index in [0.717, 1.165) is 0 Å². The molecule has 1 aromatic carbocycles. The highest BCUT2D eigenvalue weighted by molar-refractivity contribution is 5.99. The molecule has 9 heteroatoms. The fourth-order valence-corrected chi connectivity index (χ4v) is 3.12. The zero-order valence-corrected chi connectivity index (χ0v) is 16.1. The topological polar surface area (TPSA) is 120 Å². The lowest BCUT2D eigenvalue weighted by Crippen LogP contribution is -2.32. The zero-order valence-electron chi connectivity index (χ0n) is 16.1. The lowest BCUT2D eigenvalue weighted by molar-refractivity contribution is -0.312. The van der Waals surface area contributed by atoms with Crippen molar-refractivity contribution < 1.29 is 29.1 Å². The van der Waals surface area contributed by atoms with Crippen LogP contribution in [0.15, 0.2) is 46.8 Å². The van der Waals surface area contributed by atoms with Gasteiger partial charge in [-0.05, 0) is 31.9 Å². The highest BCUT2D eigenvalue weighted by Gasteiger charge is 2.37. The average Bonchev–Trinajstić information content (AvgIpc) is 2.65. The lowest BCUT2D eigenvalue weighted by atomic mass is 9.80. The van der Waals surface area contributed by atoms with Crippen molar-refractivity contribution in [1.29, 1.82) is 0 Å². The summed E-state index contributed by atoms with van der Waals surface area (Å²) in [5.41, 5.74) is 3.07. The number of carbonyl (C=O) groups excluding carboxylic acids is 2. The second-order valence-corrected chi connectivity index (χ2v) is 6.10. The van der Waals surface area contributed by atoms with E-state index >= 15 is 0 Å². The molecule has 1 aliphatic rings. The van der Waals surface area contributed by atoms with Gasteiger partial charge in [0.2, 0.25) is 0 Å². The monoisotopic (exact) mass is 391 g/mol. The Bertz CT molecular complexity index is 797. The summed E-state index contributed by atoms with van der Waals surface area (Å²) in [7, 11) is 1.28. The van der Waals surface area contributed by atoms with Gasteiger partial charge in [0.15, 0.2) is 0 Å². The molecule has 1 heterocycles. The van der Waals surface area contributed by atoms with Crippen molar-refractivity contribution in [2.75, 3.05) is 13.7 Å². The fraction of sp³-hybridized carbons (Fsp3) is 0.368. The van der Waals surface area contributed by atoms with Gasteiger partial charge in [0.05, 0.1) is 37.4 Å². The molecule has 2 N–H and O–H groups in total. The zero-order chi connectivity index (χ0) is 20.8. The predicted molar refractivity (Wildman–Crippen MR) is 98.1 cm³/mol. The molecule has 152 valence electrons. The summed E-state index contributed by atoms with van der Waals surface area (Å²) in [5, 5.41) is 21.4. The van der Waals surface area contributed by atoms with Crippen molar-refractivity contribution in [3.63, 3.8) is 0 Å². The Hall–Kier alpha value is -2.72. The van der Waals surface area contributed by atoms with Crippen molar-refractivity contribution >= 4 is 11.9 Å². The molecule has 0 saturated carbocycles. The molecule has 1 aliphatic heterocycles. The van der Waals surface area contributed by atoms with Gasteiger partial charge in [0, 0.05) is 11.4 Å². The molecule has 0 fully saturated rings. The highest BCUT2D eigenvalue weighted by Crippen LogP contribution is 2.39. The molecule has 0 radical (unpaired) electrons. The van der Waals surface area contributed by atoms with Crippen LogP contribution in [0, 0.1) is 5.21 Å². The number of allylic oxidation sites excluding steroid dienone is 2. The van der Waals surface area contributed by atoms with E-state index in [1.54, 1.807) is 45.0 Å². The molecule has 2 rings (SSSR count). The molecule has 0 amide bonds. The number of hydrogen-bond donors (Lipinski definition) is 2. The van der Waals surface area contributed by atoms with Crippen LogP contribution in [0.2, 0.25) is 0 Å². The van der Waals surface area contributed by atoms with Gasteiger partial charge in [-0.1, -0.05) is 24.3 Å². The number of esters is 2. The van der Waals surface area contributed by atoms with Crippen molar-refractivity contribution in [2.45, 2.75) is 33.3 Å². The molecular formula is C19H23N2O7-. The molecule has 0 spiro atoms. The molecule has 0 unspecified atom stereocenters. The van der Waals surface area contributed by atoms with Crippen LogP contribution in [0.25, 0.3) is 0 Å². The number of nitrogens with one attached hydrogen (secondary N) is 1. The molecule has 1 atom stereocenters. The number of carbonyl (C=O) groups is 2. The molecular weight excluding hydrogens is 368 g/mol. The summed E-state index contributed by atoms with van der Waals surface area (Å²) in [6.07, 6.45) is 0. The molecule has 28 heavy (non-hydrogen) atoms. The second kappa shape index (κ2) is 9.47. The van der Waals surface area contributed by atoms with Crippen LogP contribution in [0.1, 0.15) is 37.8 Å². The number of benzene rings is 1. The molecule has 9 nitrogen and oxygen atoms in total. The molecule has 1 aromatic rings. The van der Waals surface area contributed by atoms with E-state index in [4.69, 9.17) is 14.7 Å². The molecule has 0 aliphatic carbocycles. The van der Waals surface area contributed by atoms with Crippen LogP contribution in [-0.4, -0.2) is 36.3 Å². The number of nitrogens with zero attached hydrogens (tertiary/aromatic N) is 1. The van der Waals surface area contributed by atoms with Crippen LogP contribution >= 0.6 is 0 Å². The maximum absolute atomic E-state index is 12.6. The van der Waals surface area contributed by atoms with Gasteiger partial charge < -0.3 is 25.2 Å². The maximum Gasteiger partial charge on any atom is 0.336 e. The summed E-state index contributed by atoms with van der Waals surface area (Å²) >= 11 is 0. The van der Waals surface area contributed by atoms with E-state index in [-0.39, 0.29) is 13.2 Å². The normalized spacial score (nSPS) is 16.9. The lowest BCUT2D eigenvalue weighted by Gasteiger charge is -2.30. The molecule has 0 saturated heterocycles. The number of hydrogen-bond acceptors (Lipinski definition) is 9. The number of methoxy groups -OCH3 is 1. The Balaban J connectivity index is 2.49. The molecule has 0 aromatic heterocycles. The van der Waals surface area contributed by atoms with E-state index in [1.807, 2.05) is 0 Å². The van der Waals surface area contributed by atoms with Crippen LogP contribution in [0.5, 0.6) is 0 Å². The smallest absolute Gasteiger partial charge is 0.336 e. The van der Waals surface area contributed by atoms with E-state index in [1.165, 1.54) is 7.11 Å². The predicted octanol–water partition coefficient (Wildman–Crippen LogP) is 2.28. The first kappa shape index (κ1) is 21.6. The van der Waals surface area contributed by atoms with Crippen molar-refractivity contribution in [1.82, 2.24) is 10.7 Å². The minimum absolute atomic E-state index is 0.134. The Morgan fingerprint density at radius 2 is 1.71 bits per heavy atom. The van der Waals surface area contributed by atoms with Crippen LogP contribution in [0.4, 0.5) is 0 Å². The summed E-state index contributed by atoms with van der Waals surface area (Å²) in [6.45, 7) is 5.24. The van der Waals surface area contributed by atoms with Crippen molar-refractivity contribution in [3.8, 4) is 0 Å². The largest absolute Gasteiger partial charge is 0.738 e. The van der Waals surface area contributed by atoms with Gasteiger partial charge in [0.1, 0.15) is 0 Å². The Morgan fingerprint density at radius 3 is 2.21 bits per heavy atom. The van der Waals surface area contributed by atoms with Gasteiger partial charge in [-0.2, -0.15) is 0 Å². The van der Waals surface area contributed by atoms with E-state index in [9.17, 15) is 14.8 Å². The number of ether oxygens (including phenoxy) is 2. The SMILES string of the molecule is CCOC(=O)C1=C(C)NC(C)=C(C(=O)OC)[C@@H]1c1ccc(CON([O-])O)cc1. The van der Waals surface area contributed by atoms with Crippen LogP contribution in [-0.2, 0) is 30.5 Å². The van der Waals surface area contributed by atoms with E-state index < -0.39 is 23.2 Å². The second-order valence-electron chi connectivity index (χ2n) is 6.10. The Morgan fingerprint density at radius 1 is 1.14 bits per heavy atom. The average molecular weight is 391 g/mol. The summed E-state index contributed by atoms with van der Waals surface area (Å²) in [4.78, 5) is 29.5. The van der Waals surface area contributed by atoms with Gasteiger partial charge in [-0.3, -0.25) is 4.84 Å². The first-order valence-electron chi connectivity index (χ1n) is 8.62. The van der Waals surface area contributed by atoms with Gasteiger partial charge in [0.25, 0.3) is 0 Å². The molecule has 0 bridgehead atoms. The van der Waals surface area contributed by atoms with Crippen molar-refractivity contribution in [3.05, 3.63) is 63.1 Å².